The van der Waals surface area contributed by atoms with Crippen molar-refractivity contribution in [2.75, 3.05) is 28.2 Å². The molecule has 0 unspecified atom stereocenters. The minimum Gasteiger partial charge on any atom is -0.372 e. The number of thiocarbonyl (C=S) groups is 1. The van der Waals surface area contributed by atoms with Crippen LogP contribution in [0.2, 0.25) is 0 Å². The first kappa shape index (κ1) is 27.4. The molecule has 2 aromatic carbocycles. The highest BCUT2D eigenvalue weighted by molar-refractivity contribution is 7.80. The molecule has 8 heteroatoms. The molecule has 7 nitrogen and oxygen atoms in total. The maximum absolute atomic E-state index is 11.6. The topological polar surface area (TPSA) is 65.4 Å². The number of aromatic nitrogens is 2. The van der Waals surface area contributed by atoms with Gasteiger partial charge in [0.15, 0.2) is 5.11 Å². The van der Waals surface area contributed by atoms with Crippen LogP contribution in [-0.2, 0) is 4.79 Å². The lowest BCUT2D eigenvalue weighted by atomic mass is 9.96. The summed E-state index contributed by atoms with van der Waals surface area (Å²) in [5.41, 5.74) is 8.48. The number of amides is 1. The molecule has 1 aliphatic rings. The molecular formula is C32H36N6OS. The van der Waals surface area contributed by atoms with Crippen molar-refractivity contribution in [1.82, 2.24) is 14.9 Å². The third-order valence-corrected chi connectivity index (χ3v) is 7.90. The second-order valence-electron chi connectivity index (χ2n) is 10.1. The molecule has 5 rings (SSSR count). The Balaban J connectivity index is 1.58. The standard InChI is InChI=1S/C32H36N6OS/c1-6-36(7-2)25-15-17-26(18-16-25)37-21(3)20-28(22(37)4)31-30(29-10-8-9-19-33-29)35-32(40)38(31)27-13-11-24(12-14-27)34-23(5)39/h8-20,30-31H,6-7H2,1-5H3,(H,34,39)(H,35,40)/t30-,31-/m0/s1. The Morgan fingerprint density at radius 2 is 1.68 bits per heavy atom. The van der Waals surface area contributed by atoms with E-state index in [0.29, 0.717) is 5.11 Å². The number of pyridine rings is 1. The van der Waals surface area contributed by atoms with Crippen molar-refractivity contribution >= 4 is 40.3 Å². The van der Waals surface area contributed by atoms with Crippen LogP contribution in [0, 0.1) is 13.8 Å². The molecule has 3 heterocycles. The highest BCUT2D eigenvalue weighted by Gasteiger charge is 2.42. The molecule has 0 bridgehead atoms. The lowest BCUT2D eigenvalue weighted by Gasteiger charge is -2.28. The molecule has 40 heavy (non-hydrogen) atoms. The summed E-state index contributed by atoms with van der Waals surface area (Å²) < 4.78 is 2.32. The van der Waals surface area contributed by atoms with E-state index in [1.807, 2.05) is 48.7 Å². The van der Waals surface area contributed by atoms with Gasteiger partial charge in [0.05, 0.1) is 17.8 Å². The largest absolute Gasteiger partial charge is 0.372 e. The molecule has 2 aromatic heterocycles. The maximum Gasteiger partial charge on any atom is 0.221 e. The summed E-state index contributed by atoms with van der Waals surface area (Å²) in [7, 11) is 0. The molecule has 1 amide bonds. The second-order valence-corrected chi connectivity index (χ2v) is 10.5. The number of carbonyl (C=O) groups excluding carboxylic acids is 1. The highest BCUT2D eigenvalue weighted by Crippen LogP contribution is 2.44. The Hall–Kier alpha value is -4.17. The van der Waals surface area contributed by atoms with Gasteiger partial charge >= 0.3 is 0 Å². The SMILES string of the molecule is CCN(CC)c1ccc(-n2c(C)cc([C@H]3[C@H](c4ccccn4)NC(=S)N3c3ccc(NC(C)=O)cc3)c2C)cc1. The lowest BCUT2D eigenvalue weighted by molar-refractivity contribution is -0.114. The predicted octanol–water partition coefficient (Wildman–Crippen LogP) is 6.47. The quantitative estimate of drug-likeness (QED) is 0.244. The van der Waals surface area contributed by atoms with Crippen molar-refractivity contribution in [3.05, 3.63) is 102 Å². The van der Waals surface area contributed by atoms with Crippen LogP contribution in [0.5, 0.6) is 0 Å². The van der Waals surface area contributed by atoms with E-state index >= 15 is 0 Å². The van der Waals surface area contributed by atoms with Crippen LogP contribution >= 0.6 is 12.2 Å². The Bertz CT molecular complexity index is 1490. The fourth-order valence-corrected chi connectivity index (χ4v) is 6.09. The summed E-state index contributed by atoms with van der Waals surface area (Å²) in [4.78, 5) is 20.8. The average Bonchev–Trinajstić information content (AvgIpc) is 3.45. The van der Waals surface area contributed by atoms with Crippen molar-refractivity contribution in [1.29, 1.82) is 0 Å². The van der Waals surface area contributed by atoms with E-state index in [4.69, 9.17) is 17.2 Å². The van der Waals surface area contributed by atoms with Gasteiger partial charge < -0.3 is 25.0 Å². The number of carbonyl (C=O) groups is 1. The number of nitrogens with zero attached hydrogens (tertiary/aromatic N) is 4. The van der Waals surface area contributed by atoms with E-state index in [0.717, 1.165) is 47.2 Å². The first-order valence-corrected chi connectivity index (χ1v) is 14.2. The molecule has 0 aliphatic carbocycles. The van der Waals surface area contributed by atoms with Gasteiger partial charge in [0, 0.05) is 60.3 Å². The van der Waals surface area contributed by atoms with Crippen molar-refractivity contribution in [2.24, 2.45) is 0 Å². The summed E-state index contributed by atoms with van der Waals surface area (Å²) in [5.74, 6) is -0.100. The van der Waals surface area contributed by atoms with E-state index in [2.05, 4.69) is 83.0 Å². The van der Waals surface area contributed by atoms with Gasteiger partial charge in [-0.15, -0.1) is 0 Å². The molecular weight excluding hydrogens is 516 g/mol. The van der Waals surface area contributed by atoms with Gasteiger partial charge in [-0.2, -0.15) is 0 Å². The normalized spacial score (nSPS) is 16.6. The number of nitrogens with one attached hydrogen (secondary N) is 2. The van der Waals surface area contributed by atoms with Crippen LogP contribution in [-0.4, -0.2) is 33.7 Å². The monoisotopic (exact) mass is 552 g/mol. The van der Waals surface area contributed by atoms with E-state index in [1.54, 1.807) is 0 Å². The van der Waals surface area contributed by atoms with E-state index in [9.17, 15) is 4.79 Å². The molecule has 0 saturated carbocycles. The number of anilines is 3. The second kappa shape index (κ2) is 11.5. The van der Waals surface area contributed by atoms with E-state index in [1.165, 1.54) is 18.2 Å². The zero-order valence-corrected chi connectivity index (χ0v) is 24.5. The number of aryl methyl sites for hydroxylation is 1. The van der Waals surface area contributed by atoms with Crippen LogP contribution in [0.1, 0.15) is 55.5 Å². The van der Waals surface area contributed by atoms with Crippen LogP contribution < -0.4 is 20.4 Å². The van der Waals surface area contributed by atoms with E-state index in [-0.39, 0.29) is 18.0 Å². The molecule has 4 aromatic rings. The lowest BCUT2D eigenvalue weighted by Crippen LogP contribution is -2.29. The minimum absolute atomic E-state index is 0.100. The summed E-state index contributed by atoms with van der Waals surface area (Å²) in [6.07, 6.45) is 1.82. The fourth-order valence-electron chi connectivity index (χ4n) is 5.74. The van der Waals surface area contributed by atoms with Gasteiger partial charge in [-0.3, -0.25) is 9.78 Å². The third-order valence-electron chi connectivity index (χ3n) is 7.59. The number of benzene rings is 2. The van der Waals surface area contributed by atoms with Gasteiger partial charge in [0.1, 0.15) is 0 Å². The van der Waals surface area contributed by atoms with Crippen molar-refractivity contribution in [3.8, 4) is 5.69 Å². The van der Waals surface area contributed by atoms with Crippen LogP contribution in [0.4, 0.5) is 17.1 Å². The minimum atomic E-state index is -0.136. The Morgan fingerprint density at radius 3 is 2.27 bits per heavy atom. The summed E-state index contributed by atoms with van der Waals surface area (Å²) >= 11 is 5.92. The van der Waals surface area contributed by atoms with Crippen LogP contribution in [0.3, 0.4) is 0 Å². The summed E-state index contributed by atoms with van der Waals surface area (Å²) in [6, 6.07) is 24.6. The van der Waals surface area contributed by atoms with Gasteiger partial charge in [0.2, 0.25) is 5.91 Å². The zero-order chi connectivity index (χ0) is 28.4. The Kier molecular flexibility index (Phi) is 7.89. The zero-order valence-electron chi connectivity index (χ0n) is 23.7. The third kappa shape index (κ3) is 5.19. The predicted molar refractivity (Wildman–Crippen MR) is 167 cm³/mol. The van der Waals surface area contributed by atoms with Gasteiger partial charge in [-0.25, -0.2) is 0 Å². The summed E-state index contributed by atoms with van der Waals surface area (Å²) in [6.45, 7) is 12.2. The van der Waals surface area contributed by atoms with E-state index < -0.39 is 0 Å². The van der Waals surface area contributed by atoms with Crippen LogP contribution in [0.25, 0.3) is 5.69 Å². The molecule has 1 saturated heterocycles. The van der Waals surface area contributed by atoms with Gasteiger partial charge in [-0.05, 0) is 112 Å². The molecule has 1 fully saturated rings. The molecule has 0 spiro atoms. The molecule has 206 valence electrons. The maximum atomic E-state index is 11.6. The van der Waals surface area contributed by atoms with Crippen molar-refractivity contribution < 1.29 is 4.79 Å². The molecule has 2 atom stereocenters. The molecule has 2 N–H and O–H groups in total. The fraction of sp³-hybridized carbons (Fsp3) is 0.281. The molecule has 0 radical (unpaired) electrons. The number of rotatable bonds is 8. The van der Waals surface area contributed by atoms with Crippen LogP contribution in [0.15, 0.2) is 79.0 Å². The van der Waals surface area contributed by atoms with Crippen molar-refractivity contribution in [2.45, 2.75) is 46.7 Å². The Morgan fingerprint density at radius 1 is 1.00 bits per heavy atom. The summed E-state index contributed by atoms with van der Waals surface area (Å²) in [5, 5.41) is 7.04. The number of hydrogen-bond acceptors (Lipinski definition) is 4. The Labute approximate surface area is 241 Å². The first-order valence-electron chi connectivity index (χ1n) is 13.7. The molecule has 1 aliphatic heterocycles. The van der Waals surface area contributed by atoms with Gasteiger partial charge in [0.25, 0.3) is 0 Å². The highest BCUT2D eigenvalue weighted by atomic mass is 32.1. The number of hydrogen-bond donors (Lipinski definition) is 2. The average molecular weight is 553 g/mol. The smallest absolute Gasteiger partial charge is 0.221 e. The first-order chi connectivity index (χ1) is 19.3. The van der Waals surface area contributed by atoms with Crippen molar-refractivity contribution in [3.63, 3.8) is 0 Å². The van der Waals surface area contributed by atoms with Gasteiger partial charge in [-0.1, -0.05) is 6.07 Å².